The van der Waals surface area contributed by atoms with E-state index in [0.717, 1.165) is 27.5 Å². The Morgan fingerprint density at radius 2 is 1.62 bits per heavy atom. The van der Waals surface area contributed by atoms with Gasteiger partial charge in [-0.3, -0.25) is 9.59 Å². The zero-order valence-corrected chi connectivity index (χ0v) is 15.1. The molecule has 3 rings (SSSR count). The lowest BCUT2D eigenvalue weighted by molar-refractivity contribution is -0.131. The fourth-order valence-corrected chi connectivity index (χ4v) is 3.10. The fraction of sp³-hybridized carbons (Fsp3) is 0.182. The van der Waals surface area contributed by atoms with E-state index in [9.17, 15) is 9.59 Å². The molecule has 3 aromatic carbocycles. The minimum Gasteiger partial charge on any atom is -0.426 e. The van der Waals surface area contributed by atoms with E-state index >= 15 is 0 Å². The molecule has 26 heavy (non-hydrogen) atoms. The maximum Gasteiger partial charge on any atom is 0.308 e. The van der Waals surface area contributed by atoms with E-state index in [0.29, 0.717) is 5.75 Å². The first-order valence-corrected chi connectivity index (χ1v) is 8.49. The van der Waals surface area contributed by atoms with Crippen LogP contribution in [-0.4, -0.2) is 11.9 Å². The summed E-state index contributed by atoms with van der Waals surface area (Å²) in [7, 11) is 0. The molecule has 0 radical (unpaired) electrons. The van der Waals surface area contributed by atoms with Crippen LogP contribution in [0.5, 0.6) is 5.75 Å². The average Bonchev–Trinajstić information content (AvgIpc) is 2.60. The van der Waals surface area contributed by atoms with Crippen LogP contribution >= 0.6 is 0 Å². The molecule has 4 nitrogen and oxygen atoms in total. The summed E-state index contributed by atoms with van der Waals surface area (Å²) < 4.78 is 5.47. The van der Waals surface area contributed by atoms with Gasteiger partial charge >= 0.3 is 5.97 Å². The predicted octanol–water partition coefficient (Wildman–Crippen LogP) is 4.30. The quantitative estimate of drug-likeness (QED) is 0.565. The van der Waals surface area contributed by atoms with Crippen molar-refractivity contribution in [2.24, 2.45) is 0 Å². The summed E-state index contributed by atoms with van der Waals surface area (Å²) in [5, 5.41) is 4.96. The van der Waals surface area contributed by atoms with Gasteiger partial charge in [-0.2, -0.15) is 0 Å². The summed E-state index contributed by atoms with van der Waals surface area (Å²) in [4.78, 5) is 23.5. The summed E-state index contributed by atoms with van der Waals surface area (Å²) in [5.41, 5.74) is 2.83. The first-order valence-electron chi connectivity index (χ1n) is 8.49. The number of hydrogen-bond donors (Lipinski definition) is 1. The number of benzene rings is 3. The van der Waals surface area contributed by atoms with E-state index in [1.165, 1.54) is 13.8 Å². The topological polar surface area (TPSA) is 55.4 Å². The van der Waals surface area contributed by atoms with Gasteiger partial charge in [0.2, 0.25) is 5.91 Å². The summed E-state index contributed by atoms with van der Waals surface area (Å²) in [6.07, 6.45) is 0. The molecule has 1 atom stereocenters. The molecule has 0 heterocycles. The van der Waals surface area contributed by atoms with Gasteiger partial charge in [0.1, 0.15) is 5.75 Å². The van der Waals surface area contributed by atoms with E-state index < -0.39 is 12.0 Å². The Bertz CT molecular complexity index is 961. The van der Waals surface area contributed by atoms with Crippen LogP contribution in [0.1, 0.15) is 36.6 Å². The molecule has 0 aromatic heterocycles. The molecular formula is C22H21NO3. The molecule has 0 bridgehead atoms. The van der Waals surface area contributed by atoms with Gasteiger partial charge < -0.3 is 10.1 Å². The van der Waals surface area contributed by atoms with Crippen molar-refractivity contribution in [3.63, 3.8) is 0 Å². The smallest absolute Gasteiger partial charge is 0.308 e. The van der Waals surface area contributed by atoms with Gasteiger partial charge in [-0.05, 0) is 29.3 Å². The summed E-state index contributed by atoms with van der Waals surface area (Å²) in [5.74, 6) is -0.0974. The van der Waals surface area contributed by atoms with E-state index in [1.54, 1.807) is 6.07 Å². The van der Waals surface area contributed by atoms with Crippen LogP contribution in [0.25, 0.3) is 10.8 Å². The second kappa shape index (κ2) is 7.40. The molecular weight excluding hydrogens is 326 g/mol. The summed E-state index contributed by atoms with van der Waals surface area (Å²) in [6, 6.07) is 19.1. The van der Waals surface area contributed by atoms with Gasteiger partial charge in [0.05, 0.1) is 6.04 Å². The maximum atomic E-state index is 11.9. The molecule has 0 aliphatic heterocycles. The lowest BCUT2D eigenvalue weighted by Crippen LogP contribution is -2.27. The Kier molecular flexibility index (Phi) is 5.03. The van der Waals surface area contributed by atoms with Crippen LogP contribution in [0.2, 0.25) is 0 Å². The van der Waals surface area contributed by atoms with E-state index in [2.05, 4.69) is 5.32 Å². The van der Waals surface area contributed by atoms with Gasteiger partial charge in [-0.1, -0.05) is 60.2 Å². The molecule has 132 valence electrons. The molecule has 0 fully saturated rings. The van der Waals surface area contributed by atoms with Gasteiger partial charge in [0.15, 0.2) is 0 Å². The Morgan fingerprint density at radius 3 is 2.27 bits per heavy atom. The first-order chi connectivity index (χ1) is 12.5. The number of carbonyl (C=O) groups is 2. The molecule has 0 unspecified atom stereocenters. The third kappa shape index (κ3) is 3.75. The molecule has 0 aliphatic rings. The molecule has 0 saturated heterocycles. The zero-order chi connectivity index (χ0) is 18.7. The van der Waals surface area contributed by atoms with Gasteiger partial charge in [0, 0.05) is 19.4 Å². The second-order valence-electron chi connectivity index (χ2n) is 6.34. The highest BCUT2D eigenvalue weighted by molar-refractivity contribution is 5.90. The number of amides is 1. The first kappa shape index (κ1) is 17.7. The minimum atomic E-state index is -0.423. The standard InChI is InChI=1S/C22H21NO3/c1-14-8-10-18(11-9-14)22(23-15(2)24)21-19-7-5-4-6-17(19)12-13-20(21)26-16(3)25/h4-13,22H,1-3H3,(H,23,24)/t22-/m0/s1. The molecule has 1 amide bonds. The van der Waals surface area contributed by atoms with Crippen molar-refractivity contribution in [1.82, 2.24) is 5.32 Å². The monoisotopic (exact) mass is 347 g/mol. The summed E-state index contributed by atoms with van der Waals surface area (Å²) >= 11 is 0. The number of aryl methyl sites for hydroxylation is 1. The number of rotatable bonds is 4. The van der Waals surface area contributed by atoms with Crippen molar-refractivity contribution in [2.45, 2.75) is 26.8 Å². The Morgan fingerprint density at radius 1 is 0.923 bits per heavy atom. The van der Waals surface area contributed by atoms with Crippen LogP contribution in [0, 0.1) is 6.92 Å². The van der Waals surface area contributed by atoms with E-state index in [1.807, 2.05) is 61.5 Å². The van der Waals surface area contributed by atoms with Crippen molar-refractivity contribution in [3.05, 3.63) is 77.4 Å². The average molecular weight is 347 g/mol. The zero-order valence-electron chi connectivity index (χ0n) is 15.1. The minimum absolute atomic E-state index is 0.155. The largest absolute Gasteiger partial charge is 0.426 e. The second-order valence-corrected chi connectivity index (χ2v) is 6.34. The number of fused-ring (bicyclic) bond motifs is 1. The van der Waals surface area contributed by atoms with Crippen molar-refractivity contribution >= 4 is 22.6 Å². The molecule has 1 N–H and O–H groups in total. The lowest BCUT2D eigenvalue weighted by atomic mass is 9.92. The normalized spacial score (nSPS) is 11.8. The van der Waals surface area contributed by atoms with Crippen molar-refractivity contribution < 1.29 is 14.3 Å². The maximum absolute atomic E-state index is 11.9. The number of carbonyl (C=O) groups excluding carboxylic acids is 2. The molecule has 0 saturated carbocycles. The van der Waals surface area contributed by atoms with Crippen molar-refractivity contribution in [3.8, 4) is 5.75 Å². The Hall–Kier alpha value is -3.14. The highest BCUT2D eigenvalue weighted by atomic mass is 16.5. The Labute approximate surface area is 152 Å². The third-order valence-corrected chi connectivity index (χ3v) is 4.23. The van der Waals surface area contributed by atoms with Crippen molar-refractivity contribution in [2.75, 3.05) is 0 Å². The van der Waals surface area contributed by atoms with Crippen LogP contribution in [0.15, 0.2) is 60.7 Å². The van der Waals surface area contributed by atoms with Gasteiger partial charge in [-0.15, -0.1) is 0 Å². The van der Waals surface area contributed by atoms with Crippen LogP contribution < -0.4 is 10.1 Å². The summed E-state index contributed by atoms with van der Waals surface area (Å²) in [6.45, 7) is 4.87. The predicted molar refractivity (Wildman–Crippen MR) is 102 cm³/mol. The SMILES string of the molecule is CC(=O)N[C@@H](c1ccc(C)cc1)c1c(OC(C)=O)ccc2ccccc12. The molecule has 0 aliphatic carbocycles. The van der Waals surface area contributed by atoms with Crippen LogP contribution in [-0.2, 0) is 9.59 Å². The number of nitrogens with one attached hydrogen (secondary N) is 1. The molecule has 3 aromatic rings. The van der Waals surface area contributed by atoms with Gasteiger partial charge in [0.25, 0.3) is 0 Å². The number of ether oxygens (including phenoxy) is 1. The van der Waals surface area contributed by atoms with Gasteiger partial charge in [-0.25, -0.2) is 0 Å². The van der Waals surface area contributed by atoms with E-state index in [4.69, 9.17) is 4.74 Å². The Balaban J connectivity index is 2.26. The molecule has 0 spiro atoms. The highest BCUT2D eigenvalue weighted by Gasteiger charge is 2.23. The van der Waals surface area contributed by atoms with Crippen LogP contribution in [0.4, 0.5) is 0 Å². The van der Waals surface area contributed by atoms with E-state index in [-0.39, 0.29) is 5.91 Å². The number of esters is 1. The fourth-order valence-electron chi connectivity index (χ4n) is 3.10. The highest BCUT2D eigenvalue weighted by Crippen LogP contribution is 2.36. The molecule has 4 heteroatoms. The van der Waals surface area contributed by atoms with Crippen molar-refractivity contribution in [1.29, 1.82) is 0 Å². The number of hydrogen-bond acceptors (Lipinski definition) is 3. The van der Waals surface area contributed by atoms with Crippen LogP contribution in [0.3, 0.4) is 0 Å². The lowest BCUT2D eigenvalue weighted by Gasteiger charge is -2.23. The third-order valence-electron chi connectivity index (χ3n) is 4.23.